The first kappa shape index (κ1) is 10.9. The average molecular weight is 223 g/mol. The lowest BCUT2D eigenvalue weighted by Gasteiger charge is -1.98. The van der Waals surface area contributed by atoms with Crippen LogP contribution in [0.1, 0.15) is 5.56 Å². The minimum atomic E-state index is -0.597. The van der Waals surface area contributed by atoms with E-state index in [9.17, 15) is 4.79 Å². The number of rotatable bonds is 2. The number of carbonyl (C=O) groups is 1. The summed E-state index contributed by atoms with van der Waals surface area (Å²) < 4.78 is 0. The van der Waals surface area contributed by atoms with Gasteiger partial charge in [0.25, 0.3) is 0 Å². The van der Waals surface area contributed by atoms with Crippen LogP contribution in [0.2, 0.25) is 0 Å². The highest BCUT2D eigenvalue weighted by Crippen LogP contribution is 2.16. The summed E-state index contributed by atoms with van der Waals surface area (Å²) in [6.45, 7) is 0. The van der Waals surface area contributed by atoms with E-state index in [1.807, 2.05) is 42.5 Å². The van der Waals surface area contributed by atoms with Crippen LogP contribution in [0.5, 0.6) is 0 Å². The van der Waals surface area contributed by atoms with E-state index in [4.69, 9.17) is 5.53 Å². The second kappa shape index (κ2) is 4.96. The topological polar surface area (TPSA) is 65.8 Å². The molecule has 0 spiro atoms. The van der Waals surface area contributed by atoms with Gasteiger partial charge in [0, 0.05) is 4.91 Å². The summed E-state index contributed by atoms with van der Waals surface area (Å²) in [7, 11) is 0. The van der Waals surface area contributed by atoms with Gasteiger partial charge in [0.1, 0.15) is 0 Å². The van der Waals surface area contributed by atoms with Crippen molar-refractivity contribution < 1.29 is 4.79 Å². The Balaban J connectivity index is 2.31. The maximum Gasteiger partial charge on any atom is 0.242 e. The van der Waals surface area contributed by atoms with Crippen LogP contribution in [0.15, 0.2) is 53.7 Å². The summed E-state index contributed by atoms with van der Waals surface area (Å²) >= 11 is 0. The highest BCUT2D eigenvalue weighted by molar-refractivity contribution is 5.93. The maximum absolute atomic E-state index is 11.0. The number of amides is 1. The molecule has 0 fully saturated rings. The number of hydrogen-bond acceptors (Lipinski definition) is 1. The summed E-state index contributed by atoms with van der Waals surface area (Å²) in [6.07, 6.45) is 2.88. The molecule has 0 atom stereocenters. The van der Waals surface area contributed by atoms with Gasteiger partial charge in [-0.15, -0.1) is 0 Å². The molecule has 2 aromatic rings. The molecule has 82 valence electrons. The number of hydrogen-bond donors (Lipinski definition) is 0. The smallest absolute Gasteiger partial charge is 0.242 e. The summed E-state index contributed by atoms with van der Waals surface area (Å²) in [5, 5.41) is 5.20. The van der Waals surface area contributed by atoms with Gasteiger partial charge in [-0.2, -0.15) is 0 Å². The van der Waals surface area contributed by atoms with Gasteiger partial charge in [0.05, 0.1) is 0 Å². The highest BCUT2D eigenvalue weighted by atomic mass is 16.1. The molecule has 17 heavy (non-hydrogen) atoms. The van der Waals surface area contributed by atoms with Crippen molar-refractivity contribution in [1.82, 2.24) is 0 Å². The molecular formula is C13H9N3O. The minimum absolute atomic E-state index is 0.597. The zero-order chi connectivity index (χ0) is 12.1. The first-order chi connectivity index (χ1) is 8.29. The number of carbonyl (C=O) groups excluding carboxylic acids is 1. The molecule has 0 aliphatic heterocycles. The van der Waals surface area contributed by atoms with Crippen LogP contribution >= 0.6 is 0 Å². The number of fused-ring (bicyclic) bond motifs is 1. The second-order valence-corrected chi connectivity index (χ2v) is 3.47. The van der Waals surface area contributed by atoms with E-state index in [1.54, 1.807) is 6.08 Å². The Morgan fingerprint density at radius 2 is 1.94 bits per heavy atom. The van der Waals surface area contributed by atoms with Crippen molar-refractivity contribution in [3.05, 3.63) is 64.5 Å². The quantitative estimate of drug-likeness (QED) is 0.331. The van der Waals surface area contributed by atoms with Gasteiger partial charge in [-0.3, -0.25) is 4.79 Å². The van der Waals surface area contributed by atoms with E-state index in [0.717, 1.165) is 16.3 Å². The molecule has 2 rings (SSSR count). The number of benzene rings is 2. The fourth-order valence-electron chi connectivity index (χ4n) is 1.56. The van der Waals surface area contributed by atoms with Crippen LogP contribution in [-0.4, -0.2) is 5.91 Å². The first-order valence-corrected chi connectivity index (χ1v) is 5.05. The zero-order valence-electron chi connectivity index (χ0n) is 8.95. The van der Waals surface area contributed by atoms with Crippen molar-refractivity contribution in [3.8, 4) is 0 Å². The lowest BCUT2D eigenvalue weighted by atomic mass is 10.1. The molecule has 2 aromatic carbocycles. The molecule has 0 aromatic heterocycles. The Kier molecular flexibility index (Phi) is 3.19. The molecule has 0 saturated carbocycles. The average Bonchev–Trinajstić information content (AvgIpc) is 2.36. The van der Waals surface area contributed by atoms with Gasteiger partial charge in [0.2, 0.25) is 5.91 Å². The Labute approximate surface area is 97.8 Å². The van der Waals surface area contributed by atoms with Crippen LogP contribution in [0.4, 0.5) is 0 Å². The molecule has 0 aliphatic rings. The van der Waals surface area contributed by atoms with Gasteiger partial charge in [-0.1, -0.05) is 42.5 Å². The van der Waals surface area contributed by atoms with Crippen LogP contribution in [0.3, 0.4) is 0 Å². The van der Waals surface area contributed by atoms with Crippen molar-refractivity contribution in [3.63, 3.8) is 0 Å². The third-order valence-electron chi connectivity index (χ3n) is 2.34. The van der Waals surface area contributed by atoms with Crippen molar-refractivity contribution in [2.75, 3.05) is 0 Å². The molecule has 4 nitrogen and oxygen atoms in total. The normalized spacial score (nSPS) is 10.4. The van der Waals surface area contributed by atoms with E-state index in [1.165, 1.54) is 6.08 Å². The molecule has 0 N–H and O–H groups in total. The Hall–Kier alpha value is -2.58. The number of nitrogens with zero attached hydrogens (tertiary/aromatic N) is 3. The first-order valence-electron chi connectivity index (χ1n) is 5.05. The fourth-order valence-corrected chi connectivity index (χ4v) is 1.56. The predicted octanol–water partition coefficient (Wildman–Crippen LogP) is 3.69. The summed E-state index contributed by atoms with van der Waals surface area (Å²) in [5.41, 5.74) is 8.97. The lowest BCUT2D eigenvalue weighted by molar-refractivity contribution is -0.113. The Morgan fingerprint density at radius 1 is 1.18 bits per heavy atom. The maximum atomic E-state index is 11.0. The van der Waals surface area contributed by atoms with Crippen molar-refractivity contribution >= 4 is 22.8 Å². The third kappa shape index (κ3) is 2.71. The van der Waals surface area contributed by atoms with E-state index in [2.05, 4.69) is 10.0 Å². The highest BCUT2D eigenvalue weighted by Gasteiger charge is 1.94. The number of azide groups is 1. The molecule has 0 radical (unpaired) electrons. The van der Waals surface area contributed by atoms with Gasteiger partial charge >= 0.3 is 0 Å². The summed E-state index contributed by atoms with van der Waals surface area (Å²) in [5.74, 6) is -0.597. The monoisotopic (exact) mass is 223 g/mol. The Morgan fingerprint density at radius 3 is 2.71 bits per heavy atom. The summed E-state index contributed by atoms with van der Waals surface area (Å²) in [6, 6.07) is 13.8. The lowest BCUT2D eigenvalue weighted by Crippen LogP contribution is -1.82. The molecule has 1 amide bonds. The molecule has 0 unspecified atom stereocenters. The SMILES string of the molecule is [N-]=[N+]=NC(=O)C=Cc1ccc2ccccc2c1. The second-order valence-electron chi connectivity index (χ2n) is 3.47. The van der Waals surface area contributed by atoms with Gasteiger partial charge in [-0.25, -0.2) is 0 Å². The third-order valence-corrected chi connectivity index (χ3v) is 2.34. The van der Waals surface area contributed by atoms with Crippen molar-refractivity contribution in [1.29, 1.82) is 0 Å². The van der Waals surface area contributed by atoms with E-state index < -0.39 is 5.91 Å². The van der Waals surface area contributed by atoms with Crippen molar-refractivity contribution in [2.45, 2.75) is 0 Å². The predicted molar refractivity (Wildman–Crippen MR) is 67.1 cm³/mol. The molecule has 0 heterocycles. The van der Waals surface area contributed by atoms with E-state index >= 15 is 0 Å². The van der Waals surface area contributed by atoms with E-state index in [0.29, 0.717) is 0 Å². The largest absolute Gasteiger partial charge is 0.288 e. The fraction of sp³-hybridized carbons (Fsp3) is 0. The molecule has 0 aliphatic carbocycles. The van der Waals surface area contributed by atoms with Crippen LogP contribution in [-0.2, 0) is 4.79 Å². The molecule has 0 saturated heterocycles. The van der Waals surface area contributed by atoms with Gasteiger partial charge in [0.15, 0.2) is 0 Å². The zero-order valence-corrected chi connectivity index (χ0v) is 8.95. The standard InChI is InChI=1S/C13H9N3O/c14-16-15-13(17)8-6-10-5-7-11-3-1-2-4-12(11)9-10/h1-9H. The van der Waals surface area contributed by atoms with Crippen molar-refractivity contribution in [2.24, 2.45) is 5.11 Å². The Bertz CT molecular complexity index is 640. The van der Waals surface area contributed by atoms with E-state index in [-0.39, 0.29) is 0 Å². The molecule has 4 heteroatoms. The van der Waals surface area contributed by atoms with Crippen LogP contribution in [0, 0.1) is 0 Å². The van der Waals surface area contributed by atoms with Crippen LogP contribution < -0.4 is 0 Å². The van der Waals surface area contributed by atoms with Gasteiger partial charge < -0.3 is 0 Å². The molecule has 0 bridgehead atoms. The van der Waals surface area contributed by atoms with Crippen LogP contribution in [0.25, 0.3) is 27.3 Å². The van der Waals surface area contributed by atoms with Gasteiger partial charge in [-0.05, 0) is 39.1 Å². The summed E-state index contributed by atoms with van der Waals surface area (Å²) in [4.78, 5) is 13.4. The minimum Gasteiger partial charge on any atom is -0.288 e. The molecular weight excluding hydrogens is 214 g/mol.